The first kappa shape index (κ1) is 22.7. The largest absolute Gasteiger partial charge is 0.497 e. The van der Waals surface area contributed by atoms with E-state index < -0.39 is 16.1 Å². The van der Waals surface area contributed by atoms with Crippen molar-refractivity contribution in [3.63, 3.8) is 0 Å². The fraction of sp³-hybridized carbons (Fsp3) is 0.409. The average Bonchev–Trinajstić information content (AvgIpc) is 2.70. The van der Waals surface area contributed by atoms with Crippen molar-refractivity contribution in [2.24, 2.45) is 0 Å². The molecule has 29 heavy (non-hydrogen) atoms. The van der Waals surface area contributed by atoms with E-state index in [1.165, 1.54) is 5.56 Å². The molecule has 0 unspecified atom stereocenters. The lowest BCUT2D eigenvalue weighted by atomic mass is 10.1. The van der Waals surface area contributed by atoms with E-state index >= 15 is 0 Å². The second kappa shape index (κ2) is 10.3. The molecule has 1 atom stereocenters. The molecule has 158 valence electrons. The van der Waals surface area contributed by atoms with Crippen LogP contribution in [-0.2, 0) is 21.2 Å². The summed E-state index contributed by atoms with van der Waals surface area (Å²) in [6.45, 7) is 3.94. The van der Waals surface area contributed by atoms with Crippen LogP contribution >= 0.6 is 0 Å². The van der Waals surface area contributed by atoms with Crippen molar-refractivity contribution in [2.45, 2.75) is 45.6 Å². The number of carbonyl (C=O) groups excluding carboxylic acids is 1. The maximum atomic E-state index is 12.9. The first-order valence-corrected chi connectivity index (χ1v) is 11.7. The van der Waals surface area contributed by atoms with Gasteiger partial charge in [0.05, 0.1) is 19.1 Å². The van der Waals surface area contributed by atoms with E-state index in [1.54, 1.807) is 38.3 Å². The van der Waals surface area contributed by atoms with Crippen molar-refractivity contribution in [3.05, 3.63) is 54.1 Å². The van der Waals surface area contributed by atoms with E-state index in [-0.39, 0.29) is 5.91 Å². The number of benzene rings is 2. The molecule has 2 aromatic rings. The Bertz CT molecular complexity index is 893. The number of sulfonamides is 1. The van der Waals surface area contributed by atoms with Crippen molar-refractivity contribution in [2.75, 3.05) is 23.0 Å². The zero-order valence-electron chi connectivity index (χ0n) is 17.5. The van der Waals surface area contributed by atoms with Gasteiger partial charge in [-0.3, -0.25) is 9.10 Å². The maximum absolute atomic E-state index is 12.9. The summed E-state index contributed by atoms with van der Waals surface area (Å²) in [4.78, 5) is 12.9. The summed E-state index contributed by atoms with van der Waals surface area (Å²) in [5.74, 6) is 0.248. The number of hydrogen-bond acceptors (Lipinski definition) is 4. The van der Waals surface area contributed by atoms with Gasteiger partial charge in [-0.1, -0.05) is 32.4 Å². The van der Waals surface area contributed by atoms with Gasteiger partial charge in [-0.2, -0.15) is 0 Å². The van der Waals surface area contributed by atoms with E-state index in [2.05, 4.69) is 12.2 Å². The first-order valence-electron chi connectivity index (χ1n) is 9.83. The minimum Gasteiger partial charge on any atom is -0.497 e. The van der Waals surface area contributed by atoms with Gasteiger partial charge in [-0.25, -0.2) is 8.42 Å². The summed E-state index contributed by atoms with van der Waals surface area (Å²) in [6, 6.07) is 13.4. The average molecular weight is 419 g/mol. The molecule has 0 radical (unpaired) electrons. The highest BCUT2D eigenvalue weighted by Gasteiger charge is 2.31. The molecule has 2 rings (SSSR count). The molecule has 0 aliphatic carbocycles. The fourth-order valence-corrected chi connectivity index (χ4v) is 4.36. The smallest absolute Gasteiger partial charge is 0.248 e. The van der Waals surface area contributed by atoms with Gasteiger partial charge in [0.25, 0.3) is 0 Å². The normalized spacial score (nSPS) is 12.3. The fourth-order valence-electron chi connectivity index (χ4n) is 3.15. The van der Waals surface area contributed by atoms with Gasteiger partial charge in [0.15, 0.2) is 0 Å². The second-order valence-electron chi connectivity index (χ2n) is 6.97. The quantitative estimate of drug-likeness (QED) is 0.627. The highest BCUT2D eigenvalue weighted by atomic mass is 32.2. The number of unbranched alkanes of at least 4 members (excludes halogenated alkanes) is 1. The van der Waals surface area contributed by atoms with Gasteiger partial charge in [0.2, 0.25) is 15.9 Å². The molecular formula is C22H30N2O4S. The summed E-state index contributed by atoms with van der Waals surface area (Å²) < 4.78 is 31.3. The molecule has 0 aliphatic rings. The molecule has 0 aliphatic heterocycles. The van der Waals surface area contributed by atoms with Crippen molar-refractivity contribution in [1.29, 1.82) is 0 Å². The van der Waals surface area contributed by atoms with Crippen LogP contribution in [-0.4, -0.2) is 33.7 Å². The van der Waals surface area contributed by atoms with E-state index in [4.69, 9.17) is 4.74 Å². The van der Waals surface area contributed by atoms with Crippen molar-refractivity contribution < 1.29 is 17.9 Å². The second-order valence-corrected chi connectivity index (χ2v) is 8.83. The SMILES string of the molecule is CCCCc1ccc(NC(=O)[C@@H](CC)N(c2ccc(OC)cc2)S(C)(=O)=O)cc1. The minimum atomic E-state index is -3.67. The minimum absolute atomic E-state index is 0.333. The Kier molecular flexibility index (Phi) is 8.08. The number of rotatable bonds is 10. The van der Waals surface area contributed by atoms with Crippen molar-refractivity contribution >= 4 is 27.3 Å². The van der Waals surface area contributed by atoms with Crippen molar-refractivity contribution in [1.82, 2.24) is 0 Å². The zero-order chi connectivity index (χ0) is 21.4. The van der Waals surface area contributed by atoms with Gasteiger partial charge in [0.1, 0.15) is 11.8 Å². The molecule has 1 N–H and O–H groups in total. The topological polar surface area (TPSA) is 75.7 Å². The zero-order valence-corrected chi connectivity index (χ0v) is 18.3. The molecule has 0 bridgehead atoms. The molecule has 7 heteroatoms. The third-order valence-electron chi connectivity index (χ3n) is 4.70. The van der Waals surface area contributed by atoms with E-state index in [0.29, 0.717) is 23.5 Å². The molecule has 0 spiro atoms. The number of nitrogens with one attached hydrogen (secondary N) is 1. The van der Waals surface area contributed by atoms with Crippen LogP contribution < -0.4 is 14.4 Å². The third-order valence-corrected chi connectivity index (χ3v) is 5.88. The van der Waals surface area contributed by atoms with Crippen LogP contribution in [0.5, 0.6) is 5.75 Å². The first-order chi connectivity index (χ1) is 13.8. The molecule has 0 heterocycles. The highest BCUT2D eigenvalue weighted by Crippen LogP contribution is 2.25. The van der Waals surface area contributed by atoms with Gasteiger partial charge < -0.3 is 10.1 Å². The van der Waals surface area contributed by atoms with Crippen LogP contribution in [0.4, 0.5) is 11.4 Å². The third kappa shape index (κ3) is 6.22. The van der Waals surface area contributed by atoms with Crippen LogP contribution in [0.25, 0.3) is 0 Å². The van der Waals surface area contributed by atoms with Crippen LogP contribution in [0.2, 0.25) is 0 Å². The number of hydrogen-bond donors (Lipinski definition) is 1. The lowest BCUT2D eigenvalue weighted by molar-refractivity contribution is -0.117. The van der Waals surface area contributed by atoms with Gasteiger partial charge >= 0.3 is 0 Å². The predicted octanol–water partition coefficient (Wildman–Crippen LogP) is 4.22. The lowest BCUT2D eigenvalue weighted by Crippen LogP contribution is -2.46. The van der Waals surface area contributed by atoms with Crippen LogP contribution in [0.3, 0.4) is 0 Å². The number of ether oxygens (including phenoxy) is 1. The highest BCUT2D eigenvalue weighted by molar-refractivity contribution is 7.92. The lowest BCUT2D eigenvalue weighted by Gasteiger charge is -2.30. The van der Waals surface area contributed by atoms with Crippen LogP contribution in [0.1, 0.15) is 38.7 Å². The van der Waals surface area contributed by atoms with Gasteiger partial charge in [0, 0.05) is 5.69 Å². The number of methoxy groups -OCH3 is 1. The number of carbonyl (C=O) groups is 1. The van der Waals surface area contributed by atoms with Crippen LogP contribution in [0, 0.1) is 0 Å². The van der Waals surface area contributed by atoms with E-state index in [0.717, 1.165) is 29.8 Å². The Balaban J connectivity index is 2.23. The molecule has 0 aromatic heterocycles. The molecule has 6 nitrogen and oxygen atoms in total. The summed E-state index contributed by atoms with van der Waals surface area (Å²) in [7, 11) is -2.13. The van der Waals surface area contributed by atoms with Gasteiger partial charge in [-0.05, 0) is 61.2 Å². The van der Waals surface area contributed by atoms with Gasteiger partial charge in [-0.15, -0.1) is 0 Å². The monoisotopic (exact) mass is 418 g/mol. The summed E-state index contributed by atoms with van der Waals surface area (Å²) >= 11 is 0. The Labute approximate surface area is 173 Å². The van der Waals surface area contributed by atoms with E-state index in [9.17, 15) is 13.2 Å². The molecular weight excluding hydrogens is 388 g/mol. The summed E-state index contributed by atoms with van der Waals surface area (Å²) in [6.07, 6.45) is 4.69. The summed E-state index contributed by atoms with van der Waals surface area (Å²) in [5.41, 5.74) is 2.29. The molecule has 1 amide bonds. The number of aryl methyl sites for hydroxylation is 1. The number of amides is 1. The van der Waals surface area contributed by atoms with E-state index in [1.807, 2.05) is 24.3 Å². The molecule has 0 saturated carbocycles. The maximum Gasteiger partial charge on any atom is 0.248 e. The van der Waals surface area contributed by atoms with Crippen LogP contribution in [0.15, 0.2) is 48.5 Å². The molecule has 0 saturated heterocycles. The standard InChI is InChI=1S/C22H30N2O4S/c1-5-7-8-17-9-11-18(12-10-17)23-22(25)21(6-2)24(29(4,26)27)19-13-15-20(28-3)16-14-19/h9-16,21H,5-8H2,1-4H3,(H,23,25)/t21-/m1/s1. The molecule has 0 fully saturated rings. The number of nitrogens with zero attached hydrogens (tertiary/aromatic N) is 1. The number of anilines is 2. The van der Waals surface area contributed by atoms with Crippen molar-refractivity contribution in [3.8, 4) is 5.75 Å². The Hall–Kier alpha value is -2.54. The molecule has 2 aromatic carbocycles. The Morgan fingerprint density at radius 3 is 2.17 bits per heavy atom. The predicted molar refractivity (Wildman–Crippen MR) is 118 cm³/mol. The Morgan fingerprint density at radius 2 is 1.69 bits per heavy atom. The summed E-state index contributed by atoms with van der Waals surface area (Å²) in [5, 5.41) is 2.85. The Morgan fingerprint density at radius 1 is 1.07 bits per heavy atom.